The number of nitro groups is 1. The lowest BCUT2D eigenvalue weighted by Gasteiger charge is -2.34. The summed E-state index contributed by atoms with van der Waals surface area (Å²) in [6, 6.07) is 6.22. The van der Waals surface area contributed by atoms with Gasteiger partial charge in [0.1, 0.15) is 0 Å². The van der Waals surface area contributed by atoms with Crippen molar-refractivity contribution in [2.45, 2.75) is 59.0 Å². The highest BCUT2D eigenvalue weighted by Gasteiger charge is 2.25. The summed E-state index contributed by atoms with van der Waals surface area (Å²) >= 11 is 0. The first kappa shape index (κ1) is 16.0. The molecule has 1 fully saturated rings. The second-order valence-corrected chi connectivity index (χ2v) is 6.66. The Bertz CT molecular complexity index is 516. The fourth-order valence-electron chi connectivity index (χ4n) is 3.24. The van der Waals surface area contributed by atoms with E-state index in [4.69, 9.17) is 0 Å². The molecule has 4 heteroatoms. The molecule has 1 aliphatic rings. The van der Waals surface area contributed by atoms with Gasteiger partial charge in [0.15, 0.2) is 0 Å². The van der Waals surface area contributed by atoms with Crippen LogP contribution in [-0.2, 0) is 0 Å². The predicted octanol–water partition coefficient (Wildman–Crippen LogP) is 4.38. The molecular weight excluding hydrogens is 264 g/mol. The monoisotopic (exact) mass is 290 g/mol. The van der Waals surface area contributed by atoms with Crippen LogP contribution in [0.25, 0.3) is 0 Å². The van der Waals surface area contributed by atoms with Crippen molar-refractivity contribution in [2.75, 3.05) is 0 Å². The molecule has 116 valence electrons. The number of aryl methyl sites for hydroxylation is 1. The minimum Gasteiger partial charge on any atom is -0.307 e. The van der Waals surface area contributed by atoms with E-state index >= 15 is 0 Å². The molecule has 1 aromatic rings. The molecule has 4 unspecified atom stereocenters. The van der Waals surface area contributed by atoms with Crippen molar-refractivity contribution < 1.29 is 4.92 Å². The molecule has 1 aliphatic carbocycles. The van der Waals surface area contributed by atoms with E-state index in [0.29, 0.717) is 6.04 Å². The van der Waals surface area contributed by atoms with Gasteiger partial charge in [-0.15, -0.1) is 0 Å². The highest BCUT2D eigenvalue weighted by Crippen LogP contribution is 2.31. The average molecular weight is 290 g/mol. The van der Waals surface area contributed by atoms with Gasteiger partial charge >= 0.3 is 0 Å². The van der Waals surface area contributed by atoms with Gasteiger partial charge < -0.3 is 5.32 Å². The summed E-state index contributed by atoms with van der Waals surface area (Å²) in [6.07, 6.45) is 3.66. The van der Waals surface area contributed by atoms with Crippen molar-refractivity contribution in [1.29, 1.82) is 0 Å². The molecule has 0 aromatic heterocycles. The fourth-order valence-corrected chi connectivity index (χ4v) is 3.24. The molecule has 1 saturated carbocycles. The normalized spacial score (nSPS) is 27.3. The molecule has 2 rings (SSSR count). The zero-order valence-corrected chi connectivity index (χ0v) is 13.4. The lowest BCUT2D eigenvalue weighted by atomic mass is 9.79. The van der Waals surface area contributed by atoms with Crippen LogP contribution >= 0.6 is 0 Å². The largest absolute Gasteiger partial charge is 0.307 e. The molecule has 0 bridgehead atoms. The number of benzene rings is 1. The van der Waals surface area contributed by atoms with Crippen LogP contribution in [0.4, 0.5) is 5.69 Å². The van der Waals surface area contributed by atoms with Gasteiger partial charge in [-0.3, -0.25) is 10.1 Å². The van der Waals surface area contributed by atoms with Crippen LogP contribution in [0.2, 0.25) is 0 Å². The summed E-state index contributed by atoms with van der Waals surface area (Å²) in [5.74, 6) is 1.55. The quantitative estimate of drug-likeness (QED) is 0.661. The highest BCUT2D eigenvalue weighted by molar-refractivity contribution is 5.43. The summed E-state index contributed by atoms with van der Waals surface area (Å²) in [4.78, 5) is 10.8. The molecule has 21 heavy (non-hydrogen) atoms. The third-order valence-electron chi connectivity index (χ3n) is 5.01. The van der Waals surface area contributed by atoms with Crippen LogP contribution in [0.5, 0.6) is 0 Å². The molecular formula is C17H26N2O2. The number of hydrogen-bond acceptors (Lipinski definition) is 3. The Morgan fingerprint density at radius 1 is 1.29 bits per heavy atom. The molecule has 0 spiro atoms. The lowest BCUT2D eigenvalue weighted by molar-refractivity contribution is -0.385. The summed E-state index contributed by atoms with van der Waals surface area (Å²) in [7, 11) is 0. The van der Waals surface area contributed by atoms with E-state index in [1.165, 1.54) is 19.3 Å². The van der Waals surface area contributed by atoms with Gasteiger partial charge in [-0.25, -0.2) is 0 Å². The number of hydrogen-bond donors (Lipinski definition) is 1. The maximum atomic E-state index is 11.1. The molecule has 0 radical (unpaired) electrons. The third-order valence-corrected chi connectivity index (χ3v) is 5.01. The van der Waals surface area contributed by atoms with Crippen LogP contribution in [0.1, 0.15) is 57.2 Å². The van der Waals surface area contributed by atoms with Crippen molar-refractivity contribution in [1.82, 2.24) is 5.32 Å². The van der Waals surface area contributed by atoms with Gasteiger partial charge in [0.25, 0.3) is 5.69 Å². The van der Waals surface area contributed by atoms with E-state index in [-0.39, 0.29) is 16.7 Å². The Morgan fingerprint density at radius 3 is 2.62 bits per heavy atom. The van der Waals surface area contributed by atoms with E-state index in [1.807, 2.05) is 12.1 Å². The average Bonchev–Trinajstić information content (AvgIpc) is 2.43. The van der Waals surface area contributed by atoms with E-state index in [2.05, 4.69) is 26.1 Å². The van der Waals surface area contributed by atoms with E-state index in [0.717, 1.165) is 23.0 Å². The predicted molar refractivity (Wildman–Crippen MR) is 85.4 cm³/mol. The zero-order chi connectivity index (χ0) is 15.6. The van der Waals surface area contributed by atoms with Gasteiger partial charge in [0.2, 0.25) is 0 Å². The van der Waals surface area contributed by atoms with Gasteiger partial charge in [-0.1, -0.05) is 26.0 Å². The van der Waals surface area contributed by atoms with Gasteiger partial charge in [-0.05, 0) is 50.5 Å². The summed E-state index contributed by atoms with van der Waals surface area (Å²) < 4.78 is 0. The first-order chi connectivity index (χ1) is 9.88. The summed E-state index contributed by atoms with van der Waals surface area (Å²) in [6.45, 7) is 8.52. The molecule has 1 N–H and O–H groups in total. The Kier molecular flexibility index (Phi) is 4.99. The van der Waals surface area contributed by atoms with Crippen LogP contribution in [-0.4, -0.2) is 11.0 Å². The lowest BCUT2D eigenvalue weighted by Crippen LogP contribution is -2.37. The molecule has 0 amide bonds. The molecule has 4 nitrogen and oxygen atoms in total. The van der Waals surface area contributed by atoms with Crippen LogP contribution in [0, 0.1) is 28.9 Å². The third kappa shape index (κ3) is 3.82. The first-order valence-electron chi connectivity index (χ1n) is 7.89. The Hall–Kier alpha value is -1.42. The molecule has 1 aromatic carbocycles. The van der Waals surface area contributed by atoms with Crippen molar-refractivity contribution >= 4 is 5.69 Å². The van der Waals surface area contributed by atoms with Crippen LogP contribution in [0.15, 0.2) is 18.2 Å². The summed E-state index contributed by atoms with van der Waals surface area (Å²) in [5.41, 5.74) is 1.93. The van der Waals surface area contributed by atoms with Crippen molar-refractivity contribution in [3.05, 3.63) is 39.4 Å². The first-order valence-corrected chi connectivity index (χ1v) is 7.89. The standard InChI is InChI=1S/C17H26N2O2/c1-11-6-8-16(9-13(11)3)18-14(4)15-7-5-12(2)17(10-15)19(20)21/h5,7,10-11,13-14,16,18H,6,8-9H2,1-4H3. The van der Waals surface area contributed by atoms with Gasteiger partial charge in [0, 0.05) is 23.7 Å². The summed E-state index contributed by atoms with van der Waals surface area (Å²) in [5, 5.41) is 14.7. The van der Waals surface area contributed by atoms with Gasteiger partial charge in [-0.2, -0.15) is 0 Å². The minimum absolute atomic E-state index is 0.148. The maximum absolute atomic E-state index is 11.1. The molecule has 0 saturated heterocycles. The Morgan fingerprint density at radius 2 is 2.00 bits per heavy atom. The molecule has 4 atom stereocenters. The smallest absolute Gasteiger partial charge is 0.272 e. The molecule has 0 aliphatic heterocycles. The van der Waals surface area contributed by atoms with Crippen molar-refractivity contribution in [3.8, 4) is 0 Å². The number of nitrogens with zero attached hydrogens (tertiary/aromatic N) is 1. The van der Waals surface area contributed by atoms with Crippen LogP contribution in [0.3, 0.4) is 0 Å². The highest BCUT2D eigenvalue weighted by atomic mass is 16.6. The topological polar surface area (TPSA) is 55.2 Å². The maximum Gasteiger partial charge on any atom is 0.272 e. The zero-order valence-electron chi connectivity index (χ0n) is 13.4. The van der Waals surface area contributed by atoms with Crippen LogP contribution < -0.4 is 5.32 Å². The second-order valence-electron chi connectivity index (χ2n) is 6.66. The Balaban J connectivity index is 2.05. The molecule has 0 heterocycles. The second kappa shape index (κ2) is 6.56. The number of nitro benzene ring substituents is 1. The van der Waals surface area contributed by atoms with Gasteiger partial charge in [0.05, 0.1) is 4.92 Å². The van der Waals surface area contributed by atoms with E-state index in [9.17, 15) is 10.1 Å². The minimum atomic E-state index is -0.296. The van der Waals surface area contributed by atoms with Crippen molar-refractivity contribution in [2.24, 2.45) is 11.8 Å². The SMILES string of the molecule is Cc1ccc(C(C)NC2CCC(C)C(C)C2)cc1[N+](=O)[O-]. The Labute approximate surface area is 127 Å². The number of rotatable bonds is 4. The fraction of sp³-hybridized carbons (Fsp3) is 0.647. The van der Waals surface area contributed by atoms with Crippen molar-refractivity contribution in [3.63, 3.8) is 0 Å². The number of nitrogens with one attached hydrogen (secondary N) is 1. The van der Waals surface area contributed by atoms with E-state index in [1.54, 1.807) is 13.0 Å². The van der Waals surface area contributed by atoms with E-state index < -0.39 is 0 Å².